The quantitative estimate of drug-likeness (QED) is 0.473. The number of carbonyl (C=O) groups is 2. The minimum absolute atomic E-state index is 0.0200. The number of amides is 1. The summed E-state index contributed by atoms with van der Waals surface area (Å²) in [5, 5.41) is 10.7. The van der Waals surface area contributed by atoms with Gasteiger partial charge in [-0.05, 0) is 12.0 Å². The molecule has 1 aromatic rings. The average molecular weight is 266 g/mol. The predicted octanol–water partition coefficient (Wildman–Crippen LogP) is 1.26. The van der Waals surface area contributed by atoms with Crippen LogP contribution in [0.5, 0.6) is 0 Å². The zero-order valence-electron chi connectivity index (χ0n) is 10.4. The van der Waals surface area contributed by atoms with Crippen LogP contribution in [0.3, 0.4) is 0 Å². The van der Waals surface area contributed by atoms with Gasteiger partial charge in [0.1, 0.15) is 5.56 Å². The van der Waals surface area contributed by atoms with E-state index in [1.165, 1.54) is 24.3 Å². The van der Waals surface area contributed by atoms with E-state index in [9.17, 15) is 19.7 Å². The normalized spacial score (nSPS) is 11.6. The third kappa shape index (κ3) is 4.38. The number of nitro groups is 1. The van der Waals surface area contributed by atoms with Gasteiger partial charge in [0.2, 0.25) is 5.91 Å². The highest BCUT2D eigenvalue weighted by molar-refractivity contribution is 5.93. The summed E-state index contributed by atoms with van der Waals surface area (Å²) < 4.78 is 4.93. The van der Waals surface area contributed by atoms with E-state index in [1.54, 1.807) is 6.92 Å². The molecule has 1 amide bonds. The summed E-state index contributed by atoms with van der Waals surface area (Å²) in [6, 6.07) is 5.52. The minimum atomic E-state index is -0.788. The molecule has 1 aromatic carbocycles. The number of hydrogen-bond acceptors (Lipinski definition) is 5. The fourth-order valence-electron chi connectivity index (χ4n) is 1.50. The Hall–Kier alpha value is -2.44. The number of para-hydroxylation sites is 1. The number of benzene rings is 1. The standard InChI is InChI=1S/C12H14N2O5/c1-8(6-11(13)15)7-19-12(16)9-4-2-3-5-10(9)14(17)18/h2-5,8H,6-7H2,1H3,(H2,13,15)/t8-/m0/s1. The highest BCUT2D eigenvalue weighted by atomic mass is 16.6. The first kappa shape index (κ1) is 14.6. The molecule has 1 atom stereocenters. The molecular weight excluding hydrogens is 252 g/mol. The van der Waals surface area contributed by atoms with Crippen molar-refractivity contribution < 1.29 is 19.2 Å². The van der Waals surface area contributed by atoms with Gasteiger partial charge in [-0.3, -0.25) is 14.9 Å². The molecule has 0 aromatic heterocycles. The van der Waals surface area contributed by atoms with Crippen molar-refractivity contribution in [2.24, 2.45) is 11.7 Å². The molecule has 0 spiro atoms. The number of primary amides is 1. The van der Waals surface area contributed by atoms with Crippen LogP contribution in [0.25, 0.3) is 0 Å². The second kappa shape index (κ2) is 6.48. The van der Waals surface area contributed by atoms with Crippen LogP contribution in [0.1, 0.15) is 23.7 Å². The molecule has 102 valence electrons. The maximum atomic E-state index is 11.7. The van der Waals surface area contributed by atoms with Crippen LogP contribution in [-0.4, -0.2) is 23.4 Å². The lowest BCUT2D eigenvalue weighted by atomic mass is 10.1. The van der Waals surface area contributed by atoms with Crippen molar-refractivity contribution in [3.63, 3.8) is 0 Å². The summed E-state index contributed by atoms with van der Waals surface area (Å²) in [5.41, 5.74) is 4.58. The van der Waals surface area contributed by atoms with E-state index in [1.807, 2.05) is 0 Å². The average Bonchev–Trinajstić information content (AvgIpc) is 2.35. The lowest BCUT2D eigenvalue weighted by molar-refractivity contribution is -0.385. The maximum absolute atomic E-state index is 11.7. The molecule has 0 heterocycles. The van der Waals surface area contributed by atoms with Gasteiger partial charge < -0.3 is 10.5 Å². The van der Waals surface area contributed by atoms with E-state index in [2.05, 4.69) is 0 Å². The van der Waals surface area contributed by atoms with Crippen LogP contribution in [0.4, 0.5) is 5.69 Å². The Bertz CT molecular complexity index is 501. The maximum Gasteiger partial charge on any atom is 0.345 e. The smallest absolute Gasteiger partial charge is 0.345 e. The Morgan fingerprint density at radius 2 is 2.05 bits per heavy atom. The summed E-state index contributed by atoms with van der Waals surface area (Å²) in [7, 11) is 0. The Labute approximate surface area is 109 Å². The molecule has 7 nitrogen and oxygen atoms in total. The number of rotatable bonds is 6. The molecule has 0 fully saturated rings. The number of carbonyl (C=O) groups excluding carboxylic acids is 2. The first-order chi connectivity index (χ1) is 8.91. The van der Waals surface area contributed by atoms with Gasteiger partial charge >= 0.3 is 5.97 Å². The van der Waals surface area contributed by atoms with Crippen LogP contribution in [-0.2, 0) is 9.53 Å². The summed E-state index contributed by atoms with van der Waals surface area (Å²) >= 11 is 0. The van der Waals surface area contributed by atoms with E-state index >= 15 is 0 Å². The Morgan fingerprint density at radius 3 is 2.63 bits per heavy atom. The van der Waals surface area contributed by atoms with E-state index in [-0.39, 0.29) is 30.2 Å². The minimum Gasteiger partial charge on any atom is -0.462 e. The second-order valence-electron chi connectivity index (χ2n) is 4.15. The summed E-state index contributed by atoms with van der Waals surface area (Å²) in [4.78, 5) is 32.5. The molecule has 7 heteroatoms. The molecule has 0 bridgehead atoms. The van der Waals surface area contributed by atoms with Gasteiger partial charge in [-0.25, -0.2) is 4.79 Å². The Balaban J connectivity index is 2.69. The SMILES string of the molecule is C[C@H](COC(=O)c1ccccc1[N+](=O)[O-])CC(N)=O. The zero-order valence-corrected chi connectivity index (χ0v) is 10.4. The van der Waals surface area contributed by atoms with Crippen LogP contribution in [0.2, 0.25) is 0 Å². The van der Waals surface area contributed by atoms with Gasteiger partial charge in [-0.15, -0.1) is 0 Å². The molecule has 1 rings (SSSR count). The summed E-state index contributed by atoms with van der Waals surface area (Å²) in [5.74, 6) is -1.51. The molecule has 19 heavy (non-hydrogen) atoms. The topological polar surface area (TPSA) is 113 Å². The van der Waals surface area contributed by atoms with Crippen molar-refractivity contribution in [1.29, 1.82) is 0 Å². The Kier molecular flexibility index (Phi) is 4.99. The summed E-state index contributed by atoms with van der Waals surface area (Å²) in [6.45, 7) is 1.67. The van der Waals surface area contributed by atoms with Crippen molar-refractivity contribution in [1.82, 2.24) is 0 Å². The molecule has 0 radical (unpaired) electrons. The number of esters is 1. The predicted molar refractivity (Wildman–Crippen MR) is 66.4 cm³/mol. The fraction of sp³-hybridized carbons (Fsp3) is 0.333. The largest absolute Gasteiger partial charge is 0.462 e. The highest BCUT2D eigenvalue weighted by Crippen LogP contribution is 2.18. The van der Waals surface area contributed by atoms with Crippen molar-refractivity contribution >= 4 is 17.6 Å². The number of nitrogens with zero attached hydrogens (tertiary/aromatic N) is 1. The third-order valence-corrected chi connectivity index (χ3v) is 2.37. The van der Waals surface area contributed by atoms with Crippen molar-refractivity contribution in [2.75, 3.05) is 6.61 Å². The van der Waals surface area contributed by atoms with E-state index in [4.69, 9.17) is 10.5 Å². The van der Waals surface area contributed by atoms with Gasteiger partial charge in [0.25, 0.3) is 5.69 Å². The van der Waals surface area contributed by atoms with Gasteiger partial charge in [0, 0.05) is 12.5 Å². The van der Waals surface area contributed by atoms with E-state index in [0.717, 1.165) is 0 Å². The second-order valence-corrected chi connectivity index (χ2v) is 4.15. The molecule has 0 aliphatic heterocycles. The van der Waals surface area contributed by atoms with E-state index in [0.29, 0.717) is 0 Å². The van der Waals surface area contributed by atoms with Gasteiger partial charge in [-0.2, -0.15) is 0 Å². The first-order valence-electron chi connectivity index (χ1n) is 5.60. The number of ether oxygens (including phenoxy) is 1. The fourth-order valence-corrected chi connectivity index (χ4v) is 1.50. The first-order valence-corrected chi connectivity index (χ1v) is 5.60. The van der Waals surface area contributed by atoms with Crippen molar-refractivity contribution in [2.45, 2.75) is 13.3 Å². The Morgan fingerprint density at radius 1 is 1.42 bits per heavy atom. The monoisotopic (exact) mass is 266 g/mol. The van der Waals surface area contributed by atoms with Crippen LogP contribution < -0.4 is 5.73 Å². The highest BCUT2D eigenvalue weighted by Gasteiger charge is 2.21. The third-order valence-electron chi connectivity index (χ3n) is 2.37. The van der Waals surface area contributed by atoms with Crippen molar-refractivity contribution in [3.05, 3.63) is 39.9 Å². The zero-order chi connectivity index (χ0) is 14.4. The molecule has 2 N–H and O–H groups in total. The lowest BCUT2D eigenvalue weighted by Crippen LogP contribution is -2.19. The van der Waals surface area contributed by atoms with Crippen LogP contribution in [0.15, 0.2) is 24.3 Å². The molecule has 0 aliphatic carbocycles. The molecule has 0 saturated heterocycles. The van der Waals surface area contributed by atoms with Gasteiger partial charge in [-0.1, -0.05) is 19.1 Å². The van der Waals surface area contributed by atoms with E-state index < -0.39 is 16.8 Å². The molecule has 0 unspecified atom stereocenters. The van der Waals surface area contributed by atoms with Crippen molar-refractivity contribution in [3.8, 4) is 0 Å². The number of nitrogens with two attached hydrogens (primary N) is 1. The number of nitro benzene ring substituents is 1. The molecular formula is C12H14N2O5. The van der Waals surface area contributed by atoms with Crippen LogP contribution in [0, 0.1) is 16.0 Å². The molecule has 0 saturated carbocycles. The van der Waals surface area contributed by atoms with Crippen LogP contribution >= 0.6 is 0 Å². The van der Waals surface area contributed by atoms with Gasteiger partial charge in [0.15, 0.2) is 0 Å². The summed E-state index contributed by atoms with van der Waals surface area (Å²) in [6.07, 6.45) is 0.0875. The number of hydrogen-bond donors (Lipinski definition) is 1. The molecule has 0 aliphatic rings. The van der Waals surface area contributed by atoms with Gasteiger partial charge in [0.05, 0.1) is 11.5 Å². The lowest BCUT2D eigenvalue weighted by Gasteiger charge is -2.10.